The molecular weight excluding hydrogens is 409 g/mol. The van der Waals surface area contributed by atoms with E-state index in [1.165, 1.54) is 8.93 Å². The van der Waals surface area contributed by atoms with Gasteiger partial charge in [0, 0.05) is 38.3 Å². The van der Waals surface area contributed by atoms with Gasteiger partial charge in [-0.3, -0.25) is 0 Å². The highest BCUT2D eigenvalue weighted by molar-refractivity contribution is 14.2. The number of alkyl carbamates (subject to hydrolysis) is 1. The number of rotatable bonds is 2. The van der Waals surface area contributed by atoms with Crippen molar-refractivity contribution in [3.05, 3.63) is 34.3 Å². The summed E-state index contributed by atoms with van der Waals surface area (Å²) in [5, 5.41) is 6.14. The van der Waals surface area contributed by atoms with E-state index in [0.717, 1.165) is 11.1 Å². The molecule has 0 aliphatic carbocycles. The lowest BCUT2D eigenvalue weighted by molar-refractivity contribution is 0.0523. The summed E-state index contributed by atoms with van der Waals surface area (Å²) in [7, 11) is 1.42. The number of nitrogens with one attached hydrogen (secondary N) is 1. The average molecular weight is 424 g/mol. The van der Waals surface area contributed by atoms with Gasteiger partial charge in [-0.1, -0.05) is 23.6 Å². The maximum absolute atomic E-state index is 11.5. The lowest BCUT2D eigenvalue weighted by atomic mass is 10.1. The molecule has 1 amide bonds. The Balaban J connectivity index is 2.63. The van der Waals surface area contributed by atoms with Crippen LogP contribution in [0.2, 0.25) is 5.02 Å². The second-order valence-corrected chi connectivity index (χ2v) is 7.05. The summed E-state index contributed by atoms with van der Waals surface area (Å²) < 4.78 is 5.16. The van der Waals surface area contributed by atoms with Gasteiger partial charge in [0.15, 0.2) is 0 Å². The fourth-order valence-corrected chi connectivity index (χ4v) is 2.06. The summed E-state index contributed by atoms with van der Waals surface area (Å²) >= 11 is 8.27. The van der Waals surface area contributed by atoms with E-state index >= 15 is 0 Å². The Morgan fingerprint density at radius 2 is 2.20 bits per heavy atom. The maximum Gasteiger partial charge on any atom is 0.407 e. The molecule has 0 atom stereocenters. The smallest absolute Gasteiger partial charge is 0.407 e. The first kappa shape index (κ1) is 17.5. The number of hydrogen-bond acceptors (Lipinski definition) is 3. The summed E-state index contributed by atoms with van der Waals surface area (Å²) in [4.78, 5) is 11.5. The van der Waals surface area contributed by atoms with Crippen LogP contribution in [0.25, 0.3) is 0 Å². The number of ether oxygens (including phenoxy) is 1. The van der Waals surface area contributed by atoms with E-state index in [-0.39, 0.29) is 0 Å². The SMILES string of the molecule is CC(C)(C)OC(=O)NCc1ccc(C#CSI)cc1Cl. The molecule has 1 rings (SSSR count). The van der Waals surface area contributed by atoms with Gasteiger partial charge in [-0.25, -0.2) is 4.79 Å². The second-order valence-electron chi connectivity index (χ2n) is 4.97. The van der Waals surface area contributed by atoms with Crippen LogP contribution < -0.4 is 5.32 Å². The normalized spacial score (nSPS) is 10.4. The van der Waals surface area contributed by atoms with E-state index in [9.17, 15) is 4.79 Å². The van der Waals surface area contributed by atoms with Crippen molar-refractivity contribution in [3.8, 4) is 11.2 Å². The van der Waals surface area contributed by atoms with E-state index in [1.54, 1.807) is 6.07 Å². The summed E-state index contributed by atoms with van der Waals surface area (Å²) in [5.74, 6) is 2.97. The molecule has 1 N–H and O–H groups in total. The van der Waals surface area contributed by atoms with Gasteiger partial charge in [0.05, 0.1) is 0 Å². The number of carbonyl (C=O) groups excluding carboxylic acids is 1. The first-order valence-electron chi connectivity index (χ1n) is 5.85. The van der Waals surface area contributed by atoms with Crippen LogP contribution in [0, 0.1) is 11.2 Å². The largest absolute Gasteiger partial charge is 0.444 e. The number of carbonyl (C=O) groups is 1. The lowest BCUT2D eigenvalue weighted by Crippen LogP contribution is -2.32. The van der Waals surface area contributed by atoms with Crippen molar-refractivity contribution in [2.24, 2.45) is 0 Å². The minimum atomic E-state index is -0.509. The molecule has 0 saturated heterocycles. The van der Waals surface area contributed by atoms with Crippen molar-refractivity contribution >= 4 is 47.8 Å². The van der Waals surface area contributed by atoms with Gasteiger partial charge in [0.1, 0.15) is 5.60 Å². The first-order chi connectivity index (χ1) is 9.31. The van der Waals surface area contributed by atoms with Gasteiger partial charge in [-0.15, -0.1) is 0 Å². The lowest BCUT2D eigenvalue weighted by Gasteiger charge is -2.19. The predicted octanol–water partition coefficient (Wildman–Crippen LogP) is 4.76. The minimum Gasteiger partial charge on any atom is -0.444 e. The Hall–Kier alpha value is -0.580. The van der Waals surface area contributed by atoms with Gasteiger partial charge in [0.25, 0.3) is 0 Å². The molecule has 0 spiro atoms. The molecule has 1 aromatic carbocycles. The monoisotopic (exact) mass is 423 g/mol. The zero-order valence-electron chi connectivity index (χ0n) is 11.4. The first-order valence-corrected chi connectivity index (χ1v) is 9.59. The maximum atomic E-state index is 11.5. The highest BCUT2D eigenvalue weighted by Gasteiger charge is 2.15. The zero-order chi connectivity index (χ0) is 15.2. The summed E-state index contributed by atoms with van der Waals surface area (Å²) in [6.07, 6.45) is -0.459. The third-order valence-corrected chi connectivity index (χ3v) is 3.30. The summed E-state index contributed by atoms with van der Waals surface area (Å²) in [6, 6.07) is 5.51. The minimum absolute atomic E-state index is 0.322. The third-order valence-electron chi connectivity index (χ3n) is 2.11. The Morgan fingerprint density at radius 1 is 1.50 bits per heavy atom. The summed E-state index contributed by atoms with van der Waals surface area (Å²) in [6.45, 7) is 5.77. The second kappa shape index (κ2) is 8.01. The van der Waals surface area contributed by atoms with Crippen LogP contribution >= 0.6 is 41.7 Å². The van der Waals surface area contributed by atoms with Crippen LogP contribution in [0.3, 0.4) is 0 Å². The Bertz CT molecular complexity index is 546. The van der Waals surface area contributed by atoms with Crippen molar-refractivity contribution in [2.75, 3.05) is 0 Å². The van der Waals surface area contributed by atoms with Gasteiger partial charge < -0.3 is 10.1 Å². The molecule has 0 aliphatic heterocycles. The molecular formula is C14H15ClINO2S. The quantitative estimate of drug-likeness (QED) is 0.551. The van der Waals surface area contributed by atoms with Gasteiger partial charge in [0.2, 0.25) is 0 Å². The molecule has 108 valence electrons. The molecule has 0 unspecified atom stereocenters. The average Bonchev–Trinajstić information content (AvgIpc) is 2.33. The molecule has 0 saturated carbocycles. The van der Waals surface area contributed by atoms with Crippen molar-refractivity contribution in [1.82, 2.24) is 5.32 Å². The molecule has 6 heteroatoms. The van der Waals surface area contributed by atoms with E-state index in [1.807, 2.05) is 32.9 Å². The third kappa shape index (κ3) is 6.73. The number of amides is 1. The molecule has 0 aliphatic rings. The number of hydrogen-bond donors (Lipinski definition) is 1. The Morgan fingerprint density at radius 3 is 2.75 bits per heavy atom. The molecule has 3 nitrogen and oxygen atoms in total. The number of benzene rings is 1. The van der Waals surface area contributed by atoms with E-state index in [2.05, 4.69) is 37.7 Å². The summed E-state index contributed by atoms with van der Waals surface area (Å²) in [5.41, 5.74) is 1.16. The van der Waals surface area contributed by atoms with E-state index in [4.69, 9.17) is 16.3 Å². The molecule has 0 bridgehead atoms. The highest BCUT2D eigenvalue weighted by Crippen LogP contribution is 2.18. The topological polar surface area (TPSA) is 38.3 Å². The molecule has 1 aromatic rings. The standard InChI is InChI=1S/C14H15ClINO2S/c1-14(2,3)19-13(18)17-9-11-5-4-10(6-7-20-16)8-12(11)15/h4-5,8H,9H2,1-3H3,(H,17,18). The van der Waals surface area contributed by atoms with Gasteiger partial charge in [-0.05, 0) is 52.7 Å². The van der Waals surface area contributed by atoms with Crippen molar-refractivity contribution in [1.29, 1.82) is 0 Å². The van der Waals surface area contributed by atoms with Crippen molar-refractivity contribution in [2.45, 2.75) is 32.9 Å². The highest BCUT2D eigenvalue weighted by atomic mass is 127. The van der Waals surface area contributed by atoms with Crippen molar-refractivity contribution < 1.29 is 9.53 Å². The zero-order valence-corrected chi connectivity index (χ0v) is 15.1. The van der Waals surface area contributed by atoms with Crippen LogP contribution in [0.4, 0.5) is 4.79 Å². The predicted molar refractivity (Wildman–Crippen MR) is 93.0 cm³/mol. The Kier molecular flexibility index (Phi) is 7.00. The molecule has 0 heterocycles. The van der Waals surface area contributed by atoms with Crippen LogP contribution in [-0.4, -0.2) is 11.7 Å². The Labute approximate surface area is 140 Å². The van der Waals surface area contributed by atoms with Crippen molar-refractivity contribution in [3.63, 3.8) is 0 Å². The molecule has 20 heavy (non-hydrogen) atoms. The van der Waals surface area contributed by atoms with Crippen LogP contribution in [-0.2, 0) is 11.3 Å². The molecule has 0 fully saturated rings. The van der Waals surface area contributed by atoms with E-state index < -0.39 is 11.7 Å². The van der Waals surface area contributed by atoms with Gasteiger partial charge >= 0.3 is 6.09 Å². The van der Waals surface area contributed by atoms with Gasteiger partial charge in [-0.2, -0.15) is 0 Å². The molecule has 0 aromatic heterocycles. The fourth-order valence-electron chi connectivity index (χ4n) is 1.33. The molecule has 0 radical (unpaired) electrons. The van der Waals surface area contributed by atoms with Crippen LogP contribution in [0.5, 0.6) is 0 Å². The van der Waals surface area contributed by atoms with Crippen LogP contribution in [0.1, 0.15) is 31.9 Å². The number of halogens is 2. The fraction of sp³-hybridized carbons (Fsp3) is 0.357. The van der Waals surface area contributed by atoms with E-state index in [0.29, 0.717) is 11.6 Å². The van der Waals surface area contributed by atoms with Crippen LogP contribution in [0.15, 0.2) is 18.2 Å².